The molecule has 0 radical (unpaired) electrons. The normalized spacial score (nSPS) is 14.7. The van der Waals surface area contributed by atoms with Crippen molar-refractivity contribution in [1.29, 1.82) is 0 Å². The van der Waals surface area contributed by atoms with Gasteiger partial charge in [-0.2, -0.15) is 0 Å². The zero-order valence-corrected chi connectivity index (χ0v) is 14.8. The fourth-order valence-electron chi connectivity index (χ4n) is 3.21. The van der Waals surface area contributed by atoms with Gasteiger partial charge in [-0.25, -0.2) is 4.39 Å². The first-order valence-electron chi connectivity index (χ1n) is 8.65. The molecule has 1 aliphatic rings. The number of rotatable bonds is 4. The first-order valence-corrected chi connectivity index (χ1v) is 8.65. The molecular weight excluding hydrogens is 335 g/mol. The van der Waals surface area contributed by atoms with Crippen LogP contribution in [-0.2, 0) is 18.6 Å². The Morgan fingerprint density at radius 1 is 1.31 bits per heavy atom. The predicted octanol–water partition coefficient (Wildman–Crippen LogP) is 2.87. The van der Waals surface area contributed by atoms with E-state index < -0.39 is 11.4 Å². The lowest BCUT2D eigenvalue weighted by atomic mass is 9.96. The van der Waals surface area contributed by atoms with Crippen LogP contribution in [0.3, 0.4) is 0 Å². The Morgan fingerprint density at radius 2 is 2.19 bits per heavy atom. The highest BCUT2D eigenvalue weighted by Gasteiger charge is 2.28. The summed E-state index contributed by atoms with van der Waals surface area (Å²) in [5.41, 5.74) is 2.36. The molecule has 0 amide bonds. The molecule has 0 atom stereocenters. The van der Waals surface area contributed by atoms with Crippen molar-refractivity contribution in [3.63, 3.8) is 0 Å². The van der Waals surface area contributed by atoms with Crippen LogP contribution in [0.5, 0.6) is 5.75 Å². The summed E-state index contributed by atoms with van der Waals surface area (Å²) in [6.45, 7) is 6.71. The molecule has 0 bridgehead atoms. The third-order valence-corrected chi connectivity index (χ3v) is 4.65. The fourth-order valence-corrected chi connectivity index (χ4v) is 3.21. The van der Waals surface area contributed by atoms with Crippen LogP contribution in [0.4, 0.5) is 4.39 Å². The van der Waals surface area contributed by atoms with Crippen LogP contribution in [0, 0.1) is 5.82 Å². The molecule has 3 aromatic rings. The molecule has 0 fully saturated rings. The molecule has 0 unspecified atom stereocenters. The number of para-hydroxylation sites is 1. The lowest BCUT2D eigenvalue weighted by molar-refractivity contribution is 0.315. The summed E-state index contributed by atoms with van der Waals surface area (Å²) < 4.78 is 25.0. The van der Waals surface area contributed by atoms with Crippen molar-refractivity contribution in [2.75, 3.05) is 13.2 Å². The molecule has 26 heavy (non-hydrogen) atoms. The Kier molecular flexibility index (Phi) is 4.34. The molecule has 2 N–H and O–H groups in total. The molecule has 1 aliphatic heterocycles. The Balaban J connectivity index is 1.60. The lowest BCUT2D eigenvalue weighted by Crippen LogP contribution is -2.36. The van der Waals surface area contributed by atoms with Crippen LogP contribution >= 0.6 is 0 Å². The Bertz CT molecular complexity index is 938. The molecule has 0 spiro atoms. The SMILES string of the molecule is CC(C)(NCc1cncc2c1OCCNC2)c1noc2c(F)cccc12. The van der Waals surface area contributed by atoms with E-state index >= 15 is 0 Å². The summed E-state index contributed by atoms with van der Waals surface area (Å²) in [5.74, 6) is 0.472. The average Bonchev–Trinajstić information content (AvgIpc) is 2.93. The maximum absolute atomic E-state index is 13.9. The van der Waals surface area contributed by atoms with Gasteiger partial charge in [0.1, 0.15) is 18.1 Å². The third-order valence-electron chi connectivity index (χ3n) is 4.65. The van der Waals surface area contributed by atoms with E-state index in [0.717, 1.165) is 30.0 Å². The third kappa shape index (κ3) is 3.04. The summed E-state index contributed by atoms with van der Waals surface area (Å²) in [7, 11) is 0. The maximum Gasteiger partial charge on any atom is 0.202 e. The van der Waals surface area contributed by atoms with Gasteiger partial charge in [-0.15, -0.1) is 0 Å². The van der Waals surface area contributed by atoms with Crippen molar-refractivity contribution < 1.29 is 13.7 Å². The number of fused-ring (bicyclic) bond motifs is 2. The number of nitrogens with one attached hydrogen (secondary N) is 2. The van der Waals surface area contributed by atoms with Gasteiger partial charge >= 0.3 is 0 Å². The molecule has 2 aromatic heterocycles. The zero-order chi connectivity index (χ0) is 18.1. The largest absolute Gasteiger partial charge is 0.491 e. The quantitative estimate of drug-likeness (QED) is 0.749. The summed E-state index contributed by atoms with van der Waals surface area (Å²) in [4.78, 5) is 4.32. The van der Waals surface area contributed by atoms with Gasteiger partial charge in [0.2, 0.25) is 5.58 Å². The van der Waals surface area contributed by atoms with Crippen molar-refractivity contribution in [3.8, 4) is 5.75 Å². The van der Waals surface area contributed by atoms with E-state index in [1.165, 1.54) is 6.07 Å². The molecule has 0 saturated heterocycles. The minimum atomic E-state index is -0.523. The summed E-state index contributed by atoms with van der Waals surface area (Å²) in [5, 5.41) is 11.6. The first kappa shape index (κ1) is 16.9. The van der Waals surface area contributed by atoms with Gasteiger partial charge in [-0.1, -0.05) is 11.2 Å². The number of pyridine rings is 1. The molecule has 6 nitrogen and oxygen atoms in total. The van der Waals surface area contributed by atoms with Gasteiger partial charge in [0.25, 0.3) is 0 Å². The number of hydrogen-bond acceptors (Lipinski definition) is 6. The first-order chi connectivity index (χ1) is 12.6. The van der Waals surface area contributed by atoms with Crippen LogP contribution < -0.4 is 15.4 Å². The second kappa shape index (κ2) is 6.66. The van der Waals surface area contributed by atoms with Crippen LogP contribution in [-0.4, -0.2) is 23.3 Å². The number of aromatic nitrogens is 2. The summed E-state index contributed by atoms with van der Waals surface area (Å²) in [6.07, 6.45) is 3.64. The zero-order valence-electron chi connectivity index (χ0n) is 14.8. The van der Waals surface area contributed by atoms with E-state index in [0.29, 0.717) is 24.2 Å². The lowest BCUT2D eigenvalue weighted by Gasteiger charge is -2.25. The van der Waals surface area contributed by atoms with Crippen LogP contribution in [0.2, 0.25) is 0 Å². The van der Waals surface area contributed by atoms with E-state index in [1.807, 2.05) is 32.3 Å². The van der Waals surface area contributed by atoms with E-state index in [-0.39, 0.29) is 5.58 Å². The van der Waals surface area contributed by atoms with Gasteiger partial charge in [-0.05, 0) is 26.0 Å². The van der Waals surface area contributed by atoms with Crippen molar-refractivity contribution in [1.82, 2.24) is 20.8 Å². The van der Waals surface area contributed by atoms with Gasteiger partial charge in [0, 0.05) is 48.5 Å². The predicted molar refractivity (Wildman–Crippen MR) is 95.3 cm³/mol. The van der Waals surface area contributed by atoms with Crippen molar-refractivity contribution >= 4 is 11.0 Å². The highest BCUT2D eigenvalue weighted by Crippen LogP contribution is 2.30. The smallest absolute Gasteiger partial charge is 0.202 e. The Morgan fingerprint density at radius 3 is 3.08 bits per heavy atom. The van der Waals surface area contributed by atoms with Crippen LogP contribution in [0.15, 0.2) is 35.1 Å². The molecule has 0 saturated carbocycles. The Hall–Kier alpha value is -2.51. The number of ether oxygens (including phenoxy) is 1. The highest BCUT2D eigenvalue weighted by atomic mass is 19.1. The minimum absolute atomic E-state index is 0.182. The van der Waals surface area contributed by atoms with Gasteiger partial charge in [-0.3, -0.25) is 4.98 Å². The highest BCUT2D eigenvalue weighted by molar-refractivity contribution is 5.80. The van der Waals surface area contributed by atoms with E-state index in [9.17, 15) is 4.39 Å². The van der Waals surface area contributed by atoms with E-state index in [1.54, 1.807) is 6.07 Å². The van der Waals surface area contributed by atoms with Crippen molar-refractivity contribution in [3.05, 3.63) is 53.2 Å². The number of hydrogen-bond donors (Lipinski definition) is 2. The summed E-state index contributed by atoms with van der Waals surface area (Å²) >= 11 is 0. The van der Waals surface area contributed by atoms with Gasteiger partial charge < -0.3 is 19.9 Å². The molecule has 3 heterocycles. The maximum atomic E-state index is 13.9. The second-order valence-electron chi connectivity index (χ2n) is 6.94. The van der Waals surface area contributed by atoms with Crippen LogP contribution in [0.25, 0.3) is 11.0 Å². The number of halogens is 1. The van der Waals surface area contributed by atoms with E-state index in [2.05, 4.69) is 20.8 Å². The Labute approximate surface area is 150 Å². The monoisotopic (exact) mass is 356 g/mol. The molecule has 7 heteroatoms. The van der Waals surface area contributed by atoms with Crippen molar-refractivity contribution in [2.24, 2.45) is 0 Å². The van der Waals surface area contributed by atoms with E-state index in [4.69, 9.17) is 9.26 Å². The molecule has 0 aliphatic carbocycles. The molecule has 1 aromatic carbocycles. The van der Waals surface area contributed by atoms with Gasteiger partial charge in [0.15, 0.2) is 5.82 Å². The number of nitrogens with zero attached hydrogens (tertiary/aromatic N) is 2. The second-order valence-corrected chi connectivity index (χ2v) is 6.94. The molecular formula is C19H21FN4O2. The average molecular weight is 356 g/mol. The van der Waals surface area contributed by atoms with Crippen molar-refractivity contribution in [2.45, 2.75) is 32.5 Å². The topological polar surface area (TPSA) is 72.2 Å². The minimum Gasteiger partial charge on any atom is -0.491 e. The number of benzene rings is 1. The molecule has 4 rings (SSSR count). The van der Waals surface area contributed by atoms with Gasteiger partial charge in [0.05, 0.1) is 5.54 Å². The fraction of sp³-hybridized carbons (Fsp3) is 0.368. The summed E-state index contributed by atoms with van der Waals surface area (Å²) in [6, 6.07) is 4.85. The molecule has 136 valence electrons. The standard InChI is InChI=1S/C19H21FN4O2/c1-19(2,18-14-4-3-5-15(20)17(14)26-24-18)23-11-13-10-22-9-12-8-21-6-7-25-16(12)13/h3-5,9-10,21,23H,6-8,11H2,1-2H3. The van der Waals surface area contributed by atoms with Crippen LogP contribution in [0.1, 0.15) is 30.7 Å².